The molecule has 0 saturated heterocycles. The Labute approximate surface area is 56.7 Å². The van der Waals surface area contributed by atoms with Crippen LogP contribution in [0, 0.1) is 0 Å². The molecule has 3 nitrogen and oxygen atoms in total. The van der Waals surface area contributed by atoms with Gasteiger partial charge in [0.15, 0.2) is 12.1 Å². The zero-order chi connectivity index (χ0) is 6.69. The van der Waals surface area contributed by atoms with E-state index < -0.39 is 0 Å². The molecule has 4 heteroatoms. The van der Waals surface area contributed by atoms with Crippen molar-refractivity contribution in [3.05, 3.63) is 23.2 Å². The molecule has 0 bridgehead atoms. The van der Waals surface area contributed by atoms with Crippen LogP contribution in [0.5, 0.6) is 0 Å². The second-order valence-electron chi connectivity index (χ2n) is 1.38. The largest absolute Gasteiger partial charge is 0.294 e. The Kier molecular flexibility index (Phi) is 1.75. The summed E-state index contributed by atoms with van der Waals surface area (Å²) >= 11 is 5.43. The van der Waals surface area contributed by atoms with Crippen LogP contribution >= 0.6 is 11.6 Å². The van der Waals surface area contributed by atoms with Crippen LogP contribution in [0.25, 0.3) is 0 Å². The first-order valence-corrected chi connectivity index (χ1v) is 2.63. The number of carbonyl (C=O) groups excluding carboxylic acids is 1. The minimum Gasteiger partial charge on any atom is -0.294 e. The molecule has 0 radical (unpaired) electrons. The maximum atomic E-state index is 9.95. The summed E-state index contributed by atoms with van der Waals surface area (Å²) in [5, 5.41) is 0.431. The predicted molar refractivity (Wildman–Crippen MR) is 32.4 cm³/mol. The van der Waals surface area contributed by atoms with E-state index in [2.05, 4.69) is 9.97 Å². The van der Waals surface area contributed by atoms with Gasteiger partial charge < -0.3 is 0 Å². The topological polar surface area (TPSA) is 42.9 Å². The molecular weight excluding hydrogens is 140 g/mol. The molecule has 0 amide bonds. The van der Waals surface area contributed by atoms with Crippen molar-refractivity contribution >= 4 is 17.9 Å². The Balaban J connectivity index is 3.01. The molecule has 0 unspecified atom stereocenters. The molecule has 9 heavy (non-hydrogen) atoms. The third kappa shape index (κ3) is 1.47. The van der Waals surface area contributed by atoms with Crippen molar-refractivity contribution in [3.63, 3.8) is 0 Å². The maximum Gasteiger partial charge on any atom is 0.192 e. The van der Waals surface area contributed by atoms with Gasteiger partial charge in [-0.1, -0.05) is 11.6 Å². The molecule has 0 aliphatic heterocycles. The number of nitrogens with zero attached hydrogens (tertiary/aromatic N) is 2. The third-order valence-corrected chi connectivity index (χ3v) is 0.941. The minimum atomic E-state index is 0.152. The molecular formula is C5H3ClN2O. The van der Waals surface area contributed by atoms with E-state index >= 15 is 0 Å². The fraction of sp³-hybridized carbons (Fsp3) is 0. The summed E-state index contributed by atoms with van der Waals surface area (Å²) in [6.45, 7) is 0. The van der Waals surface area contributed by atoms with E-state index in [-0.39, 0.29) is 5.82 Å². The van der Waals surface area contributed by atoms with Gasteiger partial charge in [0, 0.05) is 12.4 Å². The lowest BCUT2D eigenvalue weighted by Gasteiger charge is -1.85. The van der Waals surface area contributed by atoms with Gasteiger partial charge in [-0.15, -0.1) is 0 Å². The van der Waals surface area contributed by atoms with Crippen LogP contribution in [-0.2, 0) is 0 Å². The fourth-order valence-corrected chi connectivity index (χ4v) is 0.481. The SMILES string of the molecule is O=Cc1ncc(Cl)cn1. The van der Waals surface area contributed by atoms with Crippen LogP contribution in [-0.4, -0.2) is 16.3 Å². The molecule has 0 N–H and O–H groups in total. The molecule has 46 valence electrons. The van der Waals surface area contributed by atoms with E-state index in [1.165, 1.54) is 12.4 Å². The number of carbonyl (C=O) groups is 1. The van der Waals surface area contributed by atoms with Crippen LogP contribution in [0.2, 0.25) is 5.02 Å². The van der Waals surface area contributed by atoms with Crippen LogP contribution in [0.15, 0.2) is 12.4 Å². The van der Waals surface area contributed by atoms with E-state index in [1.54, 1.807) is 0 Å². The van der Waals surface area contributed by atoms with Crippen molar-refractivity contribution in [2.75, 3.05) is 0 Å². The summed E-state index contributed by atoms with van der Waals surface area (Å²) in [4.78, 5) is 17.1. The van der Waals surface area contributed by atoms with Gasteiger partial charge >= 0.3 is 0 Å². The first-order chi connectivity index (χ1) is 4.33. The summed E-state index contributed by atoms with van der Waals surface area (Å²) in [7, 11) is 0. The summed E-state index contributed by atoms with van der Waals surface area (Å²) in [5.74, 6) is 0.152. The Morgan fingerprint density at radius 3 is 2.44 bits per heavy atom. The highest BCUT2D eigenvalue weighted by molar-refractivity contribution is 6.30. The Hall–Kier alpha value is -0.960. The standard InChI is InChI=1S/C5H3ClN2O/c6-4-1-7-5(3-9)8-2-4/h1-3H. The predicted octanol–water partition coefficient (Wildman–Crippen LogP) is 0.942. The first kappa shape index (κ1) is 6.16. The van der Waals surface area contributed by atoms with Crippen LogP contribution in [0.1, 0.15) is 10.6 Å². The molecule has 1 aromatic heterocycles. The monoisotopic (exact) mass is 142 g/mol. The molecule has 0 saturated carbocycles. The third-order valence-electron chi connectivity index (χ3n) is 0.746. The van der Waals surface area contributed by atoms with Crippen molar-refractivity contribution in [2.24, 2.45) is 0 Å². The Bertz CT molecular complexity index is 209. The fourth-order valence-electron chi connectivity index (χ4n) is 0.383. The van der Waals surface area contributed by atoms with E-state index in [1.807, 2.05) is 0 Å². The quantitative estimate of drug-likeness (QED) is 0.548. The Morgan fingerprint density at radius 2 is 2.00 bits per heavy atom. The van der Waals surface area contributed by atoms with Crippen molar-refractivity contribution < 1.29 is 4.79 Å². The van der Waals surface area contributed by atoms with Gasteiger partial charge in [0.05, 0.1) is 5.02 Å². The molecule has 1 rings (SSSR count). The highest BCUT2D eigenvalue weighted by Crippen LogP contribution is 2.00. The summed E-state index contributed by atoms with van der Waals surface area (Å²) in [6.07, 6.45) is 3.31. The smallest absolute Gasteiger partial charge is 0.192 e. The van der Waals surface area contributed by atoms with Crippen LogP contribution in [0.3, 0.4) is 0 Å². The van der Waals surface area contributed by atoms with Gasteiger partial charge in [-0.05, 0) is 0 Å². The zero-order valence-electron chi connectivity index (χ0n) is 4.41. The normalized spacial score (nSPS) is 9.00. The summed E-state index contributed by atoms with van der Waals surface area (Å²) in [5.41, 5.74) is 0. The van der Waals surface area contributed by atoms with E-state index in [4.69, 9.17) is 11.6 Å². The molecule has 0 aliphatic carbocycles. The van der Waals surface area contributed by atoms with Gasteiger partial charge in [-0.3, -0.25) is 4.79 Å². The average molecular weight is 143 g/mol. The number of rotatable bonds is 1. The molecule has 0 aliphatic rings. The molecule has 0 spiro atoms. The van der Waals surface area contributed by atoms with Crippen molar-refractivity contribution in [1.29, 1.82) is 0 Å². The van der Waals surface area contributed by atoms with Gasteiger partial charge in [0.2, 0.25) is 0 Å². The molecule has 1 aromatic rings. The second-order valence-corrected chi connectivity index (χ2v) is 1.81. The van der Waals surface area contributed by atoms with Gasteiger partial charge in [0.1, 0.15) is 0 Å². The minimum absolute atomic E-state index is 0.152. The van der Waals surface area contributed by atoms with Crippen molar-refractivity contribution in [1.82, 2.24) is 9.97 Å². The molecule has 1 heterocycles. The van der Waals surface area contributed by atoms with Gasteiger partial charge in [-0.25, -0.2) is 9.97 Å². The van der Waals surface area contributed by atoms with Gasteiger partial charge in [0.25, 0.3) is 0 Å². The molecule has 0 aromatic carbocycles. The number of hydrogen-bond donors (Lipinski definition) is 0. The van der Waals surface area contributed by atoms with Crippen LogP contribution < -0.4 is 0 Å². The van der Waals surface area contributed by atoms with Gasteiger partial charge in [-0.2, -0.15) is 0 Å². The molecule has 0 fully saturated rings. The molecule has 0 atom stereocenters. The number of aldehydes is 1. The Morgan fingerprint density at radius 1 is 1.44 bits per heavy atom. The zero-order valence-corrected chi connectivity index (χ0v) is 5.17. The van der Waals surface area contributed by atoms with Crippen LogP contribution in [0.4, 0.5) is 0 Å². The summed E-state index contributed by atoms with van der Waals surface area (Å²) in [6, 6.07) is 0. The van der Waals surface area contributed by atoms with E-state index in [0.717, 1.165) is 0 Å². The number of aromatic nitrogens is 2. The number of halogens is 1. The van der Waals surface area contributed by atoms with Crippen molar-refractivity contribution in [3.8, 4) is 0 Å². The lowest BCUT2D eigenvalue weighted by molar-refractivity contribution is 0.111. The highest BCUT2D eigenvalue weighted by atomic mass is 35.5. The average Bonchev–Trinajstić information content (AvgIpc) is 1.90. The maximum absolute atomic E-state index is 9.95. The van der Waals surface area contributed by atoms with Crippen molar-refractivity contribution in [2.45, 2.75) is 0 Å². The van der Waals surface area contributed by atoms with E-state index in [9.17, 15) is 4.79 Å². The van der Waals surface area contributed by atoms with E-state index in [0.29, 0.717) is 11.3 Å². The highest BCUT2D eigenvalue weighted by Gasteiger charge is 1.89. The number of hydrogen-bond acceptors (Lipinski definition) is 3. The first-order valence-electron chi connectivity index (χ1n) is 2.25. The lowest BCUT2D eigenvalue weighted by atomic mass is 10.6. The second kappa shape index (κ2) is 2.55. The lowest BCUT2D eigenvalue weighted by Crippen LogP contribution is -1.88. The summed E-state index contributed by atoms with van der Waals surface area (Å²) < 4.78 is 0.